The number of hydrogen-bond donors (Lipinski definition) is 1. The SMILES string of the molecule is O[C@H]1CCC[C@@H]1N1CCN(C2CCCC2)CC1. The van der Waals surface area contributed by atoms with Crippen LogP contribution in [0.2, 0.25) is 0 Å². The van der Waals surface area contributed by atoms with Crippen LogP contribution in [0.3, 0.4) is 0 Å². The third-order valence-corrected chi connectivity index (χ3v) is 5.10. The number of hydrogen-bond acceptors (Lipinski definition) is 3. The molecule has 0 unspecified atom stereocenters. The van der Waals surface area contributed by atoms with Crippen molar-refractivity contribution in [2.45, 2.75) is 63.1 Å². The van der Waals surface area contributed by atoms with Gasteiger partial charge in [-0.3, -0.25) is 9.80 Å². The van der Waals surface area contributed by atoms with Crippen molar-refractivity contribution in [3.63, 3.8) is 0 Å². The van der Waals surface area contributed by atoms with E-state index in [4.69, 9.17) is 0 Å². The molecule has 3 fully saturated rings. The molecule has 0 amide bonds. The van der Waals surface area contributed by atoms with E-state index in [0.29, 0.717) is 6.04 Å². The van der Waals surface area contributed by atoms with Gasteiger partial charge in [-0.15, -0.1) is 0 Å². The fourth-order valence-corrected chi connectivity index (χ4v) is 4.05. The minimum Gasteiger partial charge on any atom is -0.391 e. The molecule has 3 nitrogen and oxygen atoms in total. The van der Waals surface area contributed by atoms with Gasteiger partial charge >= 0.3 is 0 Å². The van der Waals surface area contributed by atoms with E-state index in [9.17, 15) is 5.11 Å². The third-order valence-electron chi connectivity index (χ3n) is 5.10. The molecule has 0 aromatic heterocycles. The molecule has 3 aliphatic rings. The molecule has 0 radical (unpaired) electrons. The van der Waals surface area contributed by atoms with Crippen LogP contribution >= 0.6 is 0 Å². The van der Waals surface area contributed by atoms with E-state index in [2.05, 4.69) is 9.80 Å². The van der Waals surface area contributed by atoms with Gasteiger partial charge in [-0.1, -0.05) is 12.8 Å². The van der Waals surface area contributed by atoms with Gasteiger partial charge in [0, 0.05) is 38.3 Å². The Morgan fingerprint density at radius 1 is 0.706 bits per heavy atom. The van der Waals surface area contributed by atoms with E-state index in [0.717, 1.165) is 12.5 Å². The summed E-state index contributed by atoms with van der Waals surface area (Å²) in [6.07, 6.45) is 9.12. The topological polar surface area (TPSA) is 26.7 Å². The van der Waals surface area contributed by atoms with Crippen molar-refractivity contribution < 1.29 is 5.11 Å². The van der Waals surface area contributed by atoms with Gasteiger partial charge in [0.1, 0.15) is 0 Å². The highest BCUT2D eigenvalue weighted by Gasteiger charge is 2.34. The molecule has 0 spiro atoms. The molecule has 1 aliphatic heterocycles. The molecule has 1 saturated heterocycles. The molecule has 2 aliphatic carbocycles. The molecule has 1 N–H and O–H groups in total. The second kappa shape index (κ2) is 5.25. The Bertz CT molecular complexity index is 245. The summed E-state index contributed by atoms with van der Waals surface area (Å²) in [5, 5.41) is 9.96. The van der Waals surface area contributed by atoms with Crippen molar-refractivity contribution in [3.05, 3.63) is 0 Å². The Morgan fingerprint density at radius 2 is 1.35 bits per heavy atom. The average molecular weight is 238 g/mol. The lowest BCUT2D eigenvalue weighted by molar-refractivity contribution is 0.0243. The molecular weight excluding hydrogens is 212 g/mol. The molecule has 3 rings (SSSR count). The molecular formula is C14H26N2O. The van der Waals surface area contributed by atoms with Gasteiger partial charge in [0.2, 0.25) is 0 Å². The Hall–Kier alpha value is -0.120. The van der Waals surface area contributed by atoms with E-state index in [1.165, 1.54) is 64.7 Å². The third kappa shape index (κ3) is 2.51. The standard InChI is InChI=1S/C14H26N2O/c17-14-7-3-6-13(14)16-10-8-15(9-11-16)12-4-1-2-5-12/h12-14,17H,1-11H2/t13-,14-/m0/s1. The number of aliphatic hydroxyl groups is 1. The van der Waals surface area contributed by atoms with Crippen LogP contribution in [0, 0.1) is 0 Å². The zero-order valence-electron chi connectivity index (χ0n) is 10.9. The van der Waals surface area contributed by atoms with Gasteiger partial charge in [-0.05, 0) is 32.1 Å². The summed E-state index contributed by atoms with van der Waals surface area (Å²) >= 11 is 0. The van der Waals surface area contributed by atoms with Crippen LogP contribution < -0.4 is 0 Å². The van der Waals surface area contributed by atoms with Crippen LogP contribution in [0.4, 0.5) is 0 Å². The maximum atomic E-state index is 9.96. The first-order valence-electron chi connectivity index (χ1n) is 7.51. The van der Waals surface area contributed by atoms with Crippen LogP contribution in [0.5, 0.6) is 0 Å². The Kier molecular flexibility index (Phi) is 3.69. The highest BCUT2D eigenvalue weighted by atomic mass is 16.3. The first-order chi connectivity index (χ1) is 8.34. The minimum absolute atomic E-state index is 0.0481. The highest BCUT2D eigenvalue weighted by Crippen LogP contribution is 2.28. The molecule has 17 heavy (non-hydrogen) atoms. The molecule has 0 aromatic carbocycles. The molecule has 3 heteroatoms. The van der Waals surface area contributed by atoms with Crippen molar-refractivity contribution in [1.29, 1.82) is 0 Å². The molecule has 98 valence electrons. The van der Waals surface area contributed by atoms with E-state index in [1.54, 1.807) is 0 Å². The Labute approximate surface area is 105 Å². The molecule has 0 aromatic rings. The van der Waals surface area contributed by atoms with Crippen LogP contribution in [0.15, 0.2) is 0 Å². The van der Waals surface area contributed by atoms with Gasteiger partial charge in [-0.25, -0.2) is 0 Å². The number of aliphatic hydroxyl groups excluding tert-OH is 1. The smallest absolute Gasteiger partial charge is 0.0695 e. The summed E-state index contributed by atoms with van der Waals surface area (Å²) < 4.78 is 0. The lowest BCUT2D eigenvalue weighted by atomic mass is 10.1. The van der Waals surface area contributed by atoms with Gasteiger partial charge < -0.3 is 5.11 Å². The molecule has 0 bridgehead atoms. The molecule has 2 saturated carbocycles. The maximum Gasteiger partial charge on any atom is 0.0695 e. The average Bonchev–Trinajstić information content (AvgIpc) is 3.00. The summed E-state index contributed by atoms with van der Waals surface area (Å²) in [5.41, 5.74) is 0. The quantitative estimate of drug-likeness (QED) is 0.789. The van der Waals surface area contributed by atoms with Crippen molar-refractivity contribution in [1.82, 2.24) is 9.80 Å². The second-order valence-corrected chi connectivity index (χ2v) is 6.08. The second-order valence-electron chi connectivity index (χ2n) is 6.08. The van der Waals surface area contributed by atoms with E-state index in [-0.39, 0.29) is 6.10 Å². The molecule has 2 atom stereocenters. The Morgan fingerprint density at radius 3 is 1.94 bits per heavy atom. The predicted molar refractivity (Wildman–Crippen MR) is 69.0 cm³/mol. The highest BCUT2D eigenvalue weighted by molar-refractivity contribution is 4.89. The summed E-state index contributed by atoms with van der Waals surface area (Å²) in [4.78, 5) is 5.24. The van der Waals surface area contributed by atoms with Gasteiger partial charge in [0.05, 0.1) is 6.10 Å². The van der Waals surface area contributed by atoms with Crippen LogP contribution in [0.25, 0.3) is 0 Å². The van der Waals surface area contributed by atoms with Crippen LogP contribution in [0.1, 0.15) is 44.9 Å². The predicted octanol–water partition coefficient (Wildman–Crippen LogP) is 1.46. The number of rotatable bonds is 2. The van der Waals surface area contributed by atoms with Crippen LogP contribution in [-0.2, 0) is 0 Å². The first kappa shape index (κ1) is 11.9. The maximum absolute atomic E-state index is 9.96. The largest absolute Gasteiger partial charge is 0.391 e. The van der Waals surface area contributed by atoms with Crippen molar-refractivity contribution in [3.8, 4) is 0 Å². The fourth-order valence-electron chi connectivity index (χ4n) is 4.05. The Balaban J connectivity index is 1.49. The molecule has 1 heterocycles. The summed E-state index contributed by atoms with van der Waals surface area (Å²) in [5.74, 6) is 0. The van der Waals surface area contributed by atoms with E-state index in [1.807, 2.05) is 0 Å². The zero-order valence-corrected chi connectivity index (χ0v) is 10.9. The van der Waals surface area contributed by atoms with Crippen LogP contribution in [-0.4, -0.2) is 59.3 Å². The number of nitrogens with zero attached hydrogens (tertiary/aromatic N) is 2. The van der Waals surface area contributed by atoms with Crippen molar-refractivity contribution in [2.75, 3.05) is 26.2 Å². The monoisotopic (exact) mass is 238 g/mol. The summed E-state index contributed by atoms with van der Waals surface area (Å²) in [7, 11) is 0. The van der Waals surface area contributed by atoms with E-state index < -0.39 is 0 Å². The fraction of sp³-hybridized carbons (Fsp3) is 1.00. The van der Waals surface area contributed by atoms with Gasteiger partial charge in [0.15, 0.2) is 0 Å². The first-order valence-corrected chi connectivity index (χ1v) is 7.51. The van der Waals surface area contributed by atoms with Gasteiger partial charge in [-0.2, -0.15) is 0 Å². The zero-order chi connectivity index (χ0) is 11.7. The van der Waals surface area contributed by atoms with Crippen molar-refractivity contribution in [2.24, 2.45) is 0 Å². The lowest BCUT2D eigenvalue weighted by Crippen LogP contribution is -2.54. The van der Waals surface area contributed by atoms with Gasteiger partial charge in [0.25, 0.3) is 0 Å². The normalized spacial score (nSPS) is 37.9. The minimum atomic E-state index is -0.0481. The van der Waals surface area contributed by atoms with E-state index >= 15 is 0 Å². The van der Waals surface area contributed by atoms with Crippen molar-refractivity contribution >= 4 is 0 Å². The lowest BCUT2D eigenvalue weighted by Gasteiger charge is -2.41. The number of piperazine rings is 1. The summed E-state index contributed by atoms with van der Waals surface area (Å²) in [6.45, 7) is 4.82. The summed E-state index contributed by atoms with van der Waals surface area (Å²) in [6, 6.07) is 1.35.